The van der Waals surface area contributed by atoms with Crippen molar-refractivity contribution in [2.24, 2.45) is 5.92 Å². The number of benzene rings is 2. The van der Waals surface area contributed by atoms with Gasteiger partial charge in [0.15, 0.2) is 0 Å². The van der Waals surface area contributed by atoms with E-state index >= 15 is 0 Å². The van der Waals surface area contributed by atoms with Crippen LogP contribution in [-0.4, -0.2) is 17.4 Å². The molecular formula is C25H28FN3O. The molecule has 0 bridgehead atoms. The number of amides is 1. The Hall–Kier alpha value is -2.95. The van der Waals surface area contributed by atoms with Crippen molar-refractivity contribution in [3.63, 3.8) is 0 Å². The number of halogens is 1. The van der Waals surface area contributed by atoms with Crippen LogP contribution in [0.5, 0.6) is 0 Å². The number of hydrogen-bond acceptors (Lipinski definition) is 3. The van der Waals surface area contributed by atoms with Gasteiger partial charge in [-0.1, -0.05) is 43.5 Å². The second kappa shape index (κ2) is 9.24. The zero-order chi connectivity index (χ0) is 20.9. The van der Waals surface area contributed by atoms with E-state index in [1.54, 1.807) is 12.1 Å². The van der Waals surface area contributed by atoms with Crippen molar-refractivity contribution in [1.82, 2.24) is 10.3 Å². The Bertz CT molecular complexity index is 1040. The second-order valence-corrected chi connectivity index (χ2v) is 8.23. The summed E-state index contributed by atoms with van der Waals surface area (Å²) in [5.74, 6) is 0.864. The van der Waals surface area contributed by atoms with Crippen molar-refractivity contribution in [3.05, 3.63) is 59.9 Å². The maximum atomic E-state index is 14.2. The number of fused-ring (bicyclic) bond motifs is 1. The summed E-state index contributed by atoms with van der Waals surface area (Å²) in [6.45, 7) is 0.774. The quantitative estimate of drug-likeness (QED) is 0.588. The molecule has 0 radical (unpaired) electrons. The minimum absolute atomic E-state index is 0.0557. The summed E-state index contributed by atoms with van der Waals surface area (Å²) < 4.78 is 14.2. The molecule has 4 nitrogen and oxygen atoms in total. The van der Waals surface area contributed by atoms with Crippen molar-refractivity contribution in [1.29, 1.82) is 0 Å². The molecule has 3 N–H and O–H groups in total. The van der Waals surface area contributed by atoms with Crippen LogP contribution in [0.3, 0.4) is 0 Å². The predicted molar refractivity (Wildman–Crippen MR) is 119 cm³/mol. The molecule has 1 aromatic heterocycles. The Kier molecular flexibility index (Phi) is 6.26. The second-order valence-electron chi connectivity index (χ2n) is 8.23. The highest BCUT2D eigenvalue weighted by Crippen LogP contribution is 2.28. The molecule has 3 aromatic rings. The molecule has 30 heavy (non-hydrogen) atoms. The fraction of sp³-hybridized carbons (Fsp3) is 0.360. The monoisotopic (exact) mass is 405 g/mol. The fourth-order valence-electron chi connectivity index (χ4n) is 4.28. The van der Waals surface area contributed by atoms with E-state index in [1.807, 2.05) is 30.3 Å². The molecular weight excluding hydrogens is 377 g/mol. The highest BCUT2D eigenvalue weighted by molar-refractivity contribution is 5.86. The number of carbonyl (C=O) groups is 1. The van der Waals surface area contributed by atoms with Gasteiger partial charge in [0.25, 0.3) is 0 Å². The highest BCUT2D eigenvalue weighted by Gasteiger charge is 2.15. The van der Waals surface area contributed by atoms with Gasteiger partial charge in [0.2, 0.25) is 5.91 Å². The summed E-state index contributed by atoms with van der Waals surface area (Å²) >= 11 is 0. The average Bonchev–Trinajstić information content (AvgIpc) is 2.77. The van der Waals surface area contributed by atoms with Crippen molar-refractivity contribution >= 4 is 22.6 Å². The first-order chi connectivity index (χ1) is 14.6. The minimum Gasteiger partial charge on any atom is -0.383 e. The fourth-order valence-corrected chi connectivity index (χ4v) is 4.28. The maximum absolute atomic E-state index is 14.2. The van der Waals surface area contributed by atoms with Gasteiger partial charge in [0.1, 0.15) is 11.6 Å². The number of nitrogens with one attached hydrogen (secondary N) is 1. The first-order valence-corrected chi connectivity index (χ1v) is 10.8. The lowest BCUT2D eigenvalue weighted by Gasteiger charge is -2.21. The third-order valence-corrected chi connectivity index (χ3v) is 6.05. The third-order valence-electron chi connectivity index (χ3n) is 6.05. The first kappa shape index (κ1) is 20.3. The van der Waals surface area contributed by atoms with Gasteiger partial charge in [-0.25, -0.2) is 9.37 Å². The molecule has 1 saturated carbocycles. The van der Waals surface area contributed by atoms with Gasteiger partial charge in [-0.2, -0.15) is 0 Å². The molecule has 1 heterocycles. The number of nitrogen functional groups attached to an aromatic ring is 1. The van der Waals surface area contributed by atoms with Crippen LogP contribution in [0.1, 0.15) is 44.1 Å². The minimum atomic E-state index is -0.255. The summed E-state index contributed by atoms with van der Waals surface area (Å²) in [4.78, 5) is 16.8. The number of hydrogen-bond donors (Lipinski definition) is 2. The van der Waals surface area contributed by atoms with Crippen LogP contribution in [-0.2, 0) is 11.2 Å². The Labute approximate surface area is 176 Å². The van der Waals surface area contributed by atoms with Crippen molar-refractivity contribution < 1.29 is 9.18 Å². The molecule has 1 aliphatic rings. The summed E-state index contributed by atoms with van der Waals surface area (Å²) in [5.41, 5.74) is 9.09. The molecule has 1 fully saturated rings. The van der Waals surface area contributed by atoms with Crippen LogP contribution in [0.2, 0.25) is 0 Å². The van der Waals surface area contributed by atoms with Crippen molar-refractivity contribution in [2.45, 2.75) is 44.9 Å². The highest BCUT2D eigenvalue weighted by atomic mass is 19.1. The molecule has 5 heteroatoms. The van der Waals surface area contributed by atoms with E-state index in [0.29, 0.717) is 30.1 Å². The molecule has 0 unspecified atom stereocenters. The number of nitrogens with two attached hydrogens (primary N) is 1. The van der Waals surface area contributed by atoms with E-state index in [1.165, 1.54) is 38.2 Å². The van der Waals surface area contributed by atoms with E-state index < -0.39 is 0 Å². The van der Waals surface area contributed by atoms with Gasteiger partial charge in [0.05, 0.1) is 5.52 Å². The van der Waals surface area contributed by atoms with Crippen molar-refractivity contribution in [3.8, 4) is 11.1 Å². The average molecular weight is 406 g/mol. The Morgan fingerprint density at radius 2 is 1.90 bits per heavy atom. The molecule has 156 valence electrons. The van der Waals surface area contributed by atoms with E-state index in [2.05, 4.69) is 10.3 Å². The number of nitrogens with zero attached hydrogens (tertiary/aromatic N) is 1. The number of rotatable bonds is 6. The lowest BCUT2D eigenvalue weighted by Crippen LogP contribution is -2.30. The van der Waals surface area contributed by atoms with Gasteiger partial charge in [-0.15, -0.1) is 0 Å². The molecule has 0 atom stereocenters. The number of pyridine rings is 1. The van der Waals surface area contributed by atoms with Gasteiger partial charge in [-0.05, 0) is 60.6 Å². The third kappa shape index (κ3) is 4.78. The van der Waals surface area contributed by atoms with E-state index in [-0.39, 0.29) is 11.7 Å². The lowest BCUT2D eigenvalue weighted by atomic mass is 9.89. The van der Waals surface area contributed by atoms with Gasteiger partial charge in [0, 0.05) is 23.9 Å². The maximum Gasteiger partial charge on any atom is 0.220 e. The molecule has 2 aromatic carbocycles. The standard InChI is InChI=1S/C25H28FN3O/c26-22-9-5-4-8-21(22)18-10-12-23-20(14-18)15-19(25(27)29-23)11-13-24(30)28-16-17-6-2-1-3-7-17/h4-5,8-10,12,14-15,17H,1-3,6-7,11,13,16H2,(H2,27,29)(H,28,30). The van der Waals surface area contributed by atoms with Crippen LogP contribution in [0.4, 0.5) is 10.2 Å². The summed E-state index contributed by atoms with van der Waals surface area (Å²) in [5, 5.41) is 3.97. The van der Waals surface area contributed by atoms with Crippen LogP contribution in [0.15, 0.2) is 48.5 Å². The smallest absolute Gasteiger partial charge is 0.220 e. The van der Waals surface area contributed by atoms with E-state index in [9.17, 15) is 9.18 Å². The Balaban J connectivity index is 1.45. The summed E-state index contributed by atoms with van der Waals surface area (Å²) in [6.07, 6.45) is 7.21. The van der Waals surface area contributed by atoms with Crippen LogP contribution < -0.4 is 11.1 Å². The molecule has 1 aliphatic carbocycles. The zero-order valence-electron chi connectivity index (χ0n) is 17.2. The molecule has 0 spiro atoms. The van der Waals surface area contributed by atoms with Gasteiger partial charge in [-0.3, -0.25) is 4.79 Å². The topological polar surface area (TPSA) is 68.0 Å². The van der Waals surface area contributed by atoms with Gasteiger partial charge >= 0.3 is 0 Å². The number of carbonyl (C=O) groups excluding carboxylic acids is 1. The Morgan fingerprint density at radius 3 is 2.70 bits per heavy atom. The normalized spacial score (nSPS) is 14.7. The lowest BCUT2D eigenvalue weighted by molar-refractivity contribution is -0.121. The SMILES string of the molecule is Nc1nc2ccc(-c3ccccc3F)cc2cc1CCC(=O)NCC1CCCCC1. The van der Waals surface area contributed by atoms with Gasteiger partial charge < -0.3 is 11.1 Å². The zero-order valence-corrected chi connectivity index (χ0v) is 17.2. The largest absolute Gasteiger partial charge is 0.383 e. The number of anilines is 1. The Morgan fingerprint density at radius 1 is 1.10 bits per heavy atom. The molecule has 0 saturated heterocycles. The summed E-state index contributed by atoms with van der Waals surface area (Å²) in [6, 6.07) is 14.3. The molecule has 0 aliphatic heterocycles. The first-order valence-electron chi connectivity index (χ1n) is 10.8. The molecule has 1 amide bonds. The number of aromatic nitrogens is 1. The number of aryl methyl sites for hydroxylation is 1. The van der Waals surface area contributed by atoms with E-state index in [4.69, 9.17) is 5.73 Å². The van der Waals surface area contributed by atoms with Crippen LogP contribution >= 0.6 is 0 Å². The molecule has 4 rings (SSSR count). The van der Waals surface area contributed by atoms with Crippen molar-refractivity contribution in [2.75, 3.05) is 12.3 Å². The van der Waals surface area contributed by atoms with Crippen LogP contribution in [0.25, 0.3) is 22.0 Å². The van der Waals surface area contributed by atoms with Crippen LogP contribution in [0, 0.1) is 11.7 Å². The summed E-state index contributed by atoms with van der Waals surface area (Å²) in [7, 11) is 0. The predicted octanol–water partition coefficient (Wildman–Crippen LogP) is 5.25. The van der Waals surface area contributed by atoms with E-state index in [0.717, 1.165) is 28.6 Å².